The van der Waals surface area contributed by atoms with Crippen LogP contribution >= 0.6 is 23.5 Å². The second kappa shape index (κ2) is 10.3. The lowest BCUT2D eigenvalue weighted by atomic mass is 9.89. The van der Waals surface area contributed by atoms with Crippen molar-refractivity contribution in [1.29, 1.82) is 0 Å². The minimum absolute atomic E-state index is 0.0528. The molecule has 0 atom stereocenters. The van der Waals surface area contributed by atoms with E-state index in [1.165, 1.54) is 0 Å². The number of hydrogen-bond donors (Lipinski definition) is 0. The highest BCUT2D eigenvalue weighted by atomic mass is 32.2. The van der Waals surface area contributed by atoms with E-state index in [2.05, 4.69) is 83.1 Å². The topological polar surface area (TPSA) is 51.2 Å². The van der Waals surface area contributed by atoms with E-state index < -0.39 is 16.3 Å². The Bertz CT molecular complexity index is 1320. The third kappa shape index (κ3) is 6.83. The van der Waals surface area contributed by atoms with Gasteiger partial charge >= 0.3 is 0 Å². The van der Waals surface area contributed by atoms with Crippen LogP contribution in [0, 0.1) is 33.5 Å². The zero-order valence-electron chi connectivity index (χ0n) is 25.0. The number of rotatable bonds is 2. The maximum absolute atomic E-state index is 13.5. The normalized spacial score (nSPS) is 19.9. The molecule has 0 saturated heterocycles. The molecular formula is C33H42O3S2. The van der Waals surface area contributed by atoms with E-state index in [4.69, 9.17) is 0 Å². The van der Waals surface area contributed by atoms with Gasteiger partial charge in [0.15, 0.2) is 0 Å². The summed E-state index contributed by atoms with van der Waals surface area (Å²) < 4.78 is 0. The van der Waals surface area contributed by atoms with Crippen molar-refractivity contribution in [2.45, 2.75) is 83.1 Å². The molecule has 0 N–H and O–H groups in total. The molecule has 1 aromatic rings. The largest absolute Gasteiger partial charge is 0.288 e. The zero-order valence-corrected chi connectivity index (χ0v) is 26.6. The van der Waals surface area contributed by atoms with Crippen molar-refractivity contribution in [1.82, 2.24) is 0 Å². The Morgan fingerprint density at radius 3 is 0.895 bits per heavy atom. The van der Waals surface area contributed by atoms with Crippen molar-refractivity contribution in [3.8, 4) is 0 Å². The highest BCUT2D eigenvalue weighted by molar-refractivity contribution is 8.07. The summed E-state index contributed by atoms with van der Waals surface area (Å²) >= 11 is 3.49. The maximum Gasteiger partial charge on any atom is 0.237 e. The summed E-state index contributed by atoms with van der Waals surface area (Å²) in [5.74, 6) is 1.55. The Balaban J connectivity index is 2.22. The average molecular weight is 551 g/mol. The molecule has 3 rings (SSSR count). The molecule has 204 valence electrons. The molecule has 2 aliphatic heterocycles. The lowest BCUT2D eigenvalue weighted by molar-refractivity contribution is 0.520. The standard InChI is InChI=1S/C33H42O3S2/c1-30(2,3)23-15-19(16-24(37-23)31(4,5)6)13-21-27(34)22(29(36)28(21)35)14-20-17-25(32(7,8)9)38-26(18-20)33(10,11)12/h13-18H,1-12H3/b21-13-,22-14-. The van der Waals surface area contributed by atoms with Gasteiger partial charge in [0.25, 0.3) is 0 Å². The van der Waals surface area contributed by atoms with E-state index >= 15 is 0 Å². The molecule has 5 heteroatoms. The van der Waals surface area contributed by atoms with Crippen LogP contribution in [0.15, 0.2) is 58.3 Å². The van der Waals surface area contributed by atoms with Crippen molar-refractivity contribution in [3.63, 3.8) is 0 Å². The Hall–Kier alpha value is -1.85. The molecular weight excluding hydrogens is 508 g/mol. The molecule has 0 fully saturated rings. The van der Waals surface area contributed by atoms with Crippen LogP contribution in [0.25, 0.3) is 12.2 Å². The summed E-state index contributed by atoms with van der Waals surface area (Å²) in [6, 6.07) is 0. The van der Waals surface area contributed by atoms with Gasteiger partial charge in [0, 0.05) is 11.8 Å². The molecule has 0 unspecified atom stereocenters. The third-order valence-electron chi connectivity index (χ3n) is 6.39. The van der Waals surface area contributed by atoms with Gasteiger partial charge in [-0.15, -0.1) is 0 Å². The molecule has 3 nitrogen and oxygen atoms in total. The number of thioether (sulfide) groups is 2. The Kier molecular flexibility index (Phi) is 8.30. The molecule has 0 amide bonds. The van der Waals surface area contributed by atoms with E-state index in [1.54, 1.807) is 35.7 Å². The summed E-state index contributed by atoms with van der Waals surface area (Å²) in [4.78, 5) is 44.2. The fourth-order valence-electron chi connectivity index (χ4n) is 3.88. The minimum Gasteiger partial charge on any atom is -0.288 e. The molecule has 0 aliphatic carbocycles. The van der Waals surface area contributed by atoms with Crippen LogP contribution in [-0.2, 0) is 0 Å². The average Bonchev–Trinajstić information content (AvgIpc) is 2.94. The maximum atomic E-state index is 13.5. The van der Waals surface area contributed by atoms with Gasteiger partial charge in [-0.3, -0.25) is 14.4 Å². The van der Waals surface area contributed by atoms with Crippen molar-refractivity contribution >= 4 is 35.7 Å². The third-order valence-corrected chi connectivity index (χ3v) is 10.2. The molecule has 2 aliphatic rings. The van der Waals surface area contributed by atoms with Crippen LogP contribution in [-0.4, -0.2) is 0 Å². The summed E-state index contributed by atoms with van der Waals surface area (Å²) in [5.41, 5.74) is -2.31. The van der Waals surface area contributed by atoms with Gasteiger partial charge in [-0.05, 0) is 41.3 Å². The van der Waals surface area contributed by atoms with Gasteiger partial charge in [0.1, 0.15) is 0 Å². The van der Waals surface area contributed by atoms with E-state index in [0.717, 1.165) is 31.5 Å². The molecule has 38 heavy (non-hydrogen) atoms. The molecule has 1 aromatic carbocycles. The summed E-state index contributed by atoms with van der Waals surface area (Å²) in [6.07, 6.45) is 11.3. The predicted molar refractivity (Wildman–Crippen MR) is 168 cm³/mol. The monoisotopic (exact) mass is 550 g/mol. The van der Waals surface area contributed by atoms with Crippen LogP contribution in [0.2, 0.25) is 0 Å². The highest BCUT2D eigenvalue weighted by Crippen LogP contribution is 2.50. The Labute approximate surface area is 236 Å². The van der Waals surface area contributed by atoms with E-state index in [0.29, 0.717) is 0 Å². The fourth-order valence-corrected chi connectivity index (χ4v) is 6.36. The highest BCUT2D eigenvalue weighted by Gasteiger charge is 2.30. The SMILES string of the molecule is CC(C)(C)C1=C[C](/C=c2\c(=O)c(=O)/c(=C\[C]3C=C(C(C)(C)C)SC(C(C)(C)C)=C3)c2=O)C=C(C(C)(C)C)S1. The number of allylic oxidation sites excluding steroid dienone is 8. The van der Waals surface area contributed by atoms with E-state index in [1.807, 2.05) is 24.3 Å². The van der Waals surface area contributed by atoms with Crippen molar-refractivity contribution in [2.75, 3.05) is 0 Å². The quantitative estimate of drug-likeness (QED) is 0.390. The zero-order chi connectivity index (χ0) is 29.0. The van der Waals surface area contributed by atoms with Crippen LogP contribution < -0.4 is 26.7 Å². The fraction of sp³-hybridized carbons (Fsp3) is 0.485. The molecule has 0 spiro atoms. The second-order valence-electron chi connectivity index (χ2n) is 14.3. The van der Waals surface area contributed by atoms with Crippen LogP contribution in [0.1, 0.15) is 83.1 Å². The van der Waals surface area contributed by atoms with E-state index in [9.17, 15) is 14.4 Å². The molecule has 0 saturated carbocycles. The molecule has 2 radical (unpaired) electrons. The summed E-state index contributed by atoms with van der Waals surface area (Å²) in [7, 11) is 0. The smallest absolute Gasteiger partial charge is 0.237 e. The van der Waals surface area contributed by atoms with E-state index in [-0.39, 0.29) is 32.1 Å². The predicted octanol–water partition coefficient (Wildman–Crippen LogP) is 6.57. The van der Waals surface area contributed by atoms with Gasteiger partial charge in [0.2, 0.25) is 16.3 Å². The van der Waals surface area contributed by atoms with Gasteiger partial charge in [-0.2, -0.15) is 0 Å². The minimum atomic E-state index is -0.728. The van der Waals surface area contributed by atoms with Gasteiger partial charge in [-0.25, -0.2) is 0 Å². The van der Waals surface area contributed by atoms with Crippen molar-refractivity contribution in [3.05, 3.63) is 96.9 Å². The molecule has 0 bridgehead atoms. The first-order valence-electron chi connectivity index (χ1n) is 13.1. The summed E-state index contributed by atoms with van der Waals surface area (Å²) in [6.45, 7) is 25.8. The van der Waals surface area contributed by atoms with Crippen LogP contribution in [0.4, 0.5) is 0 Å². The van der Waals surface area contributed by atoms with Crippen molar-refractivity contribution in [2.24, 2.45) is 21.7 Å². The van der Waals surface area contributed by atoms with Crippen LogP contribution in [0.3, 0.4) is 0 Å². The number of hydrogen-bond acceptors (Lipinski definition) is 5. The first kappa shape index (κ1) is 30.7. The molecule has 2 heterocycles. The van der Waals surface area contributed by atoms with Crippen LogP contribution in [0.5, 0.6) is 0 Å². The molecule has 0 aromatic heterocycles. The van der Waals surface area contributed by atoms with Gasteiger partial charge in [-0.1, -0.05) is 143 Å². The lowest BCUT2D eigenvalue weighted by Gasteiger charge is -2.32. The Morgan fingerprint density at radius 2 is 0.684 bits per heavy atom. The second-order valence-corrected chi connectivity index (χ2v) is 16.5. The Morgan fingerprint density at radius 1 is 0.447 bits per heavy atom. The first-order valence-corrected chi connectivity index (χ1v) is 14.8. The lowest BCUT2D eigenvalue weighted by Crippen LogP contribution is -2.37. The summed E-state index contributed by atoms with van der Waals surface area (Å²) in [5, 5.41) is -0.106. The van der Waals surface area contributed by atoms with Gasteiger partial charge < -0.3 is 0 Å². The van der Waals surface area contributed by atoms with Gasteiger partial charge in [0.05, 0.1) is 10.4 Å². The first-order chi connectivity index (χ1) is 17.1. The van der Waals surface area contributed by atoms with Crippen molar-refractivity contribution < 1.29 is 0 Å².